The first kappa shape index (κ1) is 19.3. The van der Waals surface area contributed by atoms with E-state index in [1.54, 1.807) is 6.07 Å². The Morgan fingerprint density at radius 1 is 1.04 bits per heavy atom. The number of hydrogen-bond acceptors (Lipinski definition) is 6. The van der Waals surface area contributed by atoms with E-state index in [4.69, 9.17) is 37.7 Å². The van der Waals surface area contributed by atoms with E-state index in [1.165, 1.54) is 19.1 Å². The number of rotatable bonds is 9. The molecule has 8 heteroatoms. The predicted octanol–water partition coefficient (Wildman–Crippen LogP) is 3.01. The second-order valence-corrected chi connectivity index (χ2v) is 5.11. The van der Waals surface area contributed by atoms with E-state index >= 15 is 0 Å². The minimum absolute atomic E-state index is 0.00234. The van der Waals surface area contributed by atoms with Crippen molar-refractivity contribution in [3.8, 4) is 0 Å². The van der Waals surface area contributed by atoms with Gasteiger partial charge in [0.2, 0.25) is 0 Å². The molecule has 0 saturated heterocycles. The van der Waals surface area contributed by atoms with Crippen LogP contribution in [0.5, 0.6) is 0 Å². The highest BCUT2D eigenvalue weighted by atomic mass is 35.5. The summed E-state index contributed by atoms with van der Waals surface area (Å²) >= 11 is 10.8. The molecule has 0 bridgehead atoms. The van der Waals surface area contributed by atoms with Crippen molar-refractivity contribution in [2.45, 2.75) is 13.5 Å². The molecular weight excluding hydrogens is 347 g/mol. The van der Waals surface area contributed by atoms with E-state index in [-0.39, 0.29) is 36.5 Å². The lowest BCUT2D eigenvalue weighted by Crippen LogP contribution is -2.11. The van der Waals surface area contributed by atoms with Crippen LogP contribution < -0.4 is 0 Å². The summed E-state index contributed by atoms with van der Waals surface area (Å²) in [5.41, 5.74) is 0.846. The van der Waals surface area contributed by atoms with Gasteiger partial charge in [-0.15, -0.1) is 0 Å². The summed E-state index contributed by atoms with van der Waals surface area (Å²) in [6.07, 6.45) is 0. The Morgan fingerprint density at radius 3 is 2.26 bits per heavy atom. The molecule has 1 aromatic carbocycles. The number of benzene rings is 1. The fourth-order valence-electron chi connectivity index (χ4n) is 1.48. The molecule has 0 fully saturated rings. The smallest absolute Gasteiger partial charge is 0.333 e. The van der Waals surface area contributed by atoms with Gasteiger partial charge < -0.3 is 4.74 Å². The lowest BCUT2D eigenvalue weighted by Gasteiger charge is -2.07. The van der Waals surface area contributed by atoms with Gasteiger partial charge in [-0.2, -0.15) is 0 Å². The monoisotopic (exact) mass is 360 g/mol. The number of esters is 1. The molecule has 1 rings (SSSR count). The van der Waals surface area contributed by atoms with E-state index in [2.05, 4.69) is 6.58 Å². The predicted molar refractivity (Wildman–Crippen MR) is 83.3 cm³/mol. The van der Waals surface area contributed by atoms with E-state index in [0.717, 1.165) is 0 Å². The van der Waals surface area contributed by atoms with E-state index in [9.17, 15) is 14.4 Å². The number of halogens is 2. The summed E-state index contributed by atoms with van der Waals surface area (Å²) in [4.78, 5) is 43.3. The van der Waals surface area contributed by atoms with Crippen molar-refractivity contribution in [1.29, 1.82) is 0 Å². The molecule has 0 aromatic heterocycles. The Bertz CT molecular complexity index is 626. The fourth-order valence-corrected chi connectivity index (χ4v) is 1.80. The summed E-state index contributed by atoms with van der Waals surface area (Å²) in [6, 6.07) is 4.30. The molecule has 0 radical (unpaired) electrons. The Labute approximate surface area is 142 Å². The maximum Gasteiger partial charge on any atom is 0.333 e. The summed E-state index contributed by atoms with van der Waals surface area (Å²) in [6.45, 7) is 5.01. The van der Waals surface area contributed by atoms with Crippen LogP contribution in [0.25, 0.3) is 0 Å². The molecule has 0 aliphatic heterocycles. The van der Waals surface area contributed by atoms with Crippen LogP contribution in [-0.4, -0.2) is 29.7 Å². The van der Waals surface area contributed by atoms with Crippen molar-refractivity contribution in [3.63, 3.8) is 0 Å². The second-order valence-electron chi connectivity index (χ2n) is 4.43. The standard InChI is InChI=1S/C15H14Cl2O6/c1-9(2)15(20)21-5-6-22-23-8-10-3-4-11(13(16)18)12(7-10)14(17)19/h3-4,7H,1,5-6,8H2,2H3. The molecule has 0 aliphatic rings. The van der Waals surface area contributed by atoms with Crippen LogP contribution in [0.4, 0.5) is 0 Å². The normalized spacial score (nSPS) is 10.2. The number of carbonyl (C=O) groups excluding carboxylic acids is 3. The molecule has 0 unspecified atom stereocenters. The van der Waals surface area contributed by atoms with Gasteiger partial charge in [0.05, 0.1) is 0 Å². The summed E-state index contributed by atoms with van der Waals surface area (Å²) < 4.78 is 4.79. The van der Waals surface area contributed by atoms with Crippen molar-refractivity contribution in [3.05, 3.63) is 47.0 Å². The van der Waals surface area contributed by atoms with Crippen LogP contribution in [-0.2, 0) is 25.9 Å². The highest BCUT2D eigenvalue weighted by Gasteiger charge is 2.15. The van der Waals surface area contributed by atoms with Gasteiger partial charge in [0, 0.05) is 16.7 Å². The zero-order valence-electron chi connectivity index (χ0n) is 12.3. The molecule has 0 amide bonds. The quantitative estimate of drug-likeness (QED) is 0.168. The van der Waals surface area contributed by atoms with Crippen LogP contribution >= 0.6 is 23.2 Å². The summed E-state index contributed by atoms with van der Waals surface area (Å²) in [5, 5.41) is -1.58. The second kappa shape index (κ2) is 9.42. The summed E-state index contributed by atoms with van der Waals surface area (Å²) in [7, 11) is 0. The highest BCUT2D eigenvalue weighted by Crippen LogP contribution is 2.17. The zero-order chi connectivity index (χ0) is 17.4. The van der Waals surface area contributed by atoms with Crippen molar-refractivity contribution in [1.82, 2.24) is 0 Å². The lowest BCUT2D eigenvalue weighted by molar-refractivity contribution is -0.307. The lowest BCUT2D eigenvalue weighted by atomic mass is 10.1. The molecule has 0 N–H and O–H groups in total. The van der Waals surface area contributed by atoms with Crippen molar-refractivity contribution >= 4 is 39.7 Å². The minimum Gasteiger partial charge on any atom is -0.460 e. The molecule has 0 heterocycles. The van der Waals surface area contributed by atoms with E-state index in [1.807, 2.05) is 0 Å². The zero-order valence-corrected chi connectivity index (χ0v) is 13.8. The molecule has 1 aromatic rings. The topological polar surface area (TPSA) is 78.9 Å². The van der Waals surface area contributed by atoms with Gasteiger partial charge in [-0.1, -0.05) is 12.6 Å². The SMILES string of the molecule is C=C(C)C(=O)OCCOOCc1ccc(C(=O)Cl)c(C(=O)Cl)c1. The van der Waals surface area contributed by atoms with Crippen LogP contribution in [0.1, 0.15) is 33.2 Å². The van der Waals surface area contributed by atoms with Gasteiger partial charge in [-0.05, 0) is 47.8 Å². The van der Waals surface area contributed by atoms with Crippen LogP contribution in [0.15, 0.2) is 30.4 Å². The Hall–Kier alpha value is -1.73. The van der Waals surface area contributed by atoms with Crippen LogP contribution in [0.2, 0.25) is 0 Å². The van der Waals surface area contributed by atoms with E-state index in [0.29, 0.717) is 5.56 Å². The summed E-state index contributed by atoms with van der Waals surface area (Å²) in [5.74, 6) is -0.514. The third-order valence-corrected chi connectivity index (χ3v) is 2.97. The van der Waals surface area contributed by atoms with Gasteiger partial charge in [-0.3, -0.25) is 9.59 Å². The molecule has 124 valence electrons. The van der Waals surface area contributed by atoms with Gasteiger partial charge in [0.15, 0.2) is 0 Å². The largest absolute Gasteiger partial charge is 0.460 e. The minimum atomic E-state index is -0.802. The van der Waals surface area contributed by atoms with Gasteiger partial charge >= 0.3 is 5.97 Å². The van der Waals surface area contributed by atoms with Gasteiger partial charge in [0.1, 0.15) is 19.8 Å². The Balaban J connectivity index is 2.45. The number of hydrogen-bond donors (Lipinski definition) is 0. The third-order valence-electron chi connectivity index (χ3n) is 2.56. The third kappa shape index (κ3) is 6.50. The van der Waals surface area contributed by atoms with Crippen molar-refractivity contribution in [2.24, 2.45) is 0 Å². The van der Waals surface area contributed by atoms with Gasteiger partial charge in [-0.25, -0.2) is 14.6 Å². The highest BCUT2D eigenvalue weighted by molar-refractivity contribution is 6.71. The van der Waals surface area contributed by atoms with Crippen molar-refractivity contribution in [2.75, 3.05) is 13.2 Å². The average molecular weight is 361 g/mol. The van der Waals surface area contributed by atoms with E-state index < -0.39 is 16.5 Å². The number of carbonyl (C=O) groups is 3. The van der Waals surface area contributed by atoms with Crippen LogP contribution in [0.3, 0.4) is 0 Å². The first-order chi connectivity index (χ1) is 10.8. The first-order valence-electron chi connectivity index (χ1n) is 6.42. The molecule has 0 aliphatic carbocycles. The molecule has 6 nitrogen and oxygen atoms in total. The molecule has 0 saturated carbocycles. The molecule has 0 spiro atoms. The Morgan fingerprint density at radius 2 is 1.70 bits per heavy atom. The maximum atomic E-state index is 11.3. The molecule has 0 atom stereocenters. The maximum absolute atomic E-state index is 11.3. The van der Waals surface area contributed by atoms with Crippen molar-refractivity contribution < 1.29 is 28.9 Å². The van der Waals surface area contributed by atoms with Gasteiger partial charge in [0.25, 0.3) is 10.5 Å². The molecule has 23 heavy (non-hydrogen) atoms. The molecular formula is C15H14Cl2O6. The fraction of sp³-hybridized carbons (Fsp3) is 0.267. The Kier molecular flexibility index (Phi) is 7.91. The van der Waals surface area contributed by atoms with Crippen LogP contribution in [0, 0.1) is 0 Å². The first-order valence-corrected chi connectivity index (χ1v) is 7.18. The number of ether oxygens (including phenoxy) is 1. The average Bonchev–Trinajstić information content (AvgIpc) is 2.49.